The molecule has 2 N–H and O–H groups in total. The standard InChI is InChI=1S/C17H18FN5O2/c1-12(25-14-6-4-5-13(18)9-14)10-19-17(24)20-11-16-22-21-15-7-2-3-8-23(15)16/h2-9,12H,10-11H2,1H3,(H2,19,20,24)/t12-/m0/s1. The van der Waals surface area contributed by atoms with Gasteiger partial charge in [-0.3, -0.25) is 4.40 Å². The predicted octanol–water partition coefficient (Wildman–Crippen LogP) is 2.14. The van der Waals surface area contributed by atoms with Crippen LogP contribution in [0.5, 0.6) is 5.75 Å². The number of nitrogens with one attached hydrogen (secondary N) is 2. The number of amides is 2. The van der Waals surface area contributed by atoms with Crippen LogP contribution in [0.4, 0.5) is 9.18 Å². The summed E-state index contributed by atoms with van der Waals surface area (Å²) in [4.78, 5) is 11.9. The molecule has 8 heteroatoms. The van der Waals surface area contributed by atoms with Crippen LogP contribution in [0.3, 0.4) is 0 Å². The molecule has 3 aromatic rings. The summed E-state index contributed by atoms with van der Waals surface area (Å²) in [6.07, 6.45) is 1.53. The third-order valence-electron chi connectivity index (χ3n) is 3.47. The third kappa shape index (κ3) is 4.43. The summed E-state index contributed by atoms with van der Waals surface area (Å²) >= 11 is 0. The maximum Gasteiger partial charge on any atom is 0.315 e. The van der Waals surface area contributed by atoms with E-state index >= 15 is 0 Å². The number of halogens is 1. The smallest absolute Gasteiger partial charge is 0.315 e. The highest BCUT2D eigenvalue weighted by molar-refractivity contribution is 5.73. The molecule has 0 radical (unpaired) electrons. The lowest BCUT2D eigenvalue weighted by molar-refractivity contribution is 0.207. The number of fused-ring (bicyclic) bond motifs is 1. The van der Waals surface area contributed by atoms with E-state index in [0.717, 1.165) is 5.65 Å². The van der Waals surface area contributed by atoms with Crippen LogP contribution in [0.2, 0.25) is 0 Å². The van der Waals surface area contributed by atoms with Crippen LogP contribution in [0.15, 0.2) is 48.7 Å². The van der Waals surface area contributed by atoms with Crippen molar-refractivity contribution in [2.75, 3.05) is 6.54 Å². The minimum absolute atomic E-state index is 0.246. The zero-order valence-corrected chi connectivity index (χ0v) is 13.6. The highest BCUT2D eigenvalue weighted by Crippen LogP contribution is 2.13. The fraction of sp³-hybridized carbons (Fsp3) is 0.235. The van der Waals surface area contributed by atoms with E-state index in [4.69, 9.17) is 4.74 Å². The second-order valence-electron chi connectivity index (χ2n) is 5.49. The Labute approximate surface area is 143 Å². The average molecular weight is 343 g/mol. The highest BCUT2D eigenvalue weighted by Gasteiger charge is 2.09. The van der Waals surface area contributed by atoms with E-state index in [1.54, 1.807) is 23.5 Å². The molecule has 0 aliphatic heterocycles. The summed E-state index contributed by atoms with van der Waals surface area (Å²) in [5, 5.41) is 13.5. The Morgan fingerprint density at radius 1 is 1.24 bits per heavy atom. The van der Waals surface area contributed by atoms with Gasteiger partial charge in [-0.25, -0.2) is 9.18 Å². The molecular formula is C17H18FN5O2. The van der Waals surface area contributed by atoms with Crippen molar-refractivity contribution in [3.63, 3.8) is 0 Å². The predicted molar refractivity (Wildman–Crippen MR) is 89.7 cm³/mol. The Bertz CT molecular complexity index is 867. The molecule has 130 valence electrons. The van der Waals surface area contributed by atoms with Crippen LogP contribution in [0.25, 0.3) is 5.65 Å². The fourth-order valence-electron chi connectivity index (χ4n) is 2.28. The fourth-order valence-corrected chi connectivity index (χ4v) is 2.28. The van der Waals surface area contributed by atoms with Crippen molar-refractivity contribution in [1.29, 1.82) is 0 Å². The Morgan fingerprint density at radius 3 is 2.96 bits per heavy atom. The molecule has 0 aliphatic rings. The minimum atomic E-state index is -0.365. The van der Waals surface area contributed by atoms with Crippen molar-refractivity contribution in [3.05, 3.63) is 60.3 Å². The molecule has 0 spiro atoms. The molecule has 0 saturated heterocycles. The lowest BCUT2D eigenvalue weighted by Crippen LogP contribution is -2.40. The van der Waals surface area contributed by atoms with E-state index in [1.807, 2.05) is 24.4 Å². The second-order valence-corrected chi connectivity index (χ2v) is 5.49. The van der Waals surface area contributed by atoms with Gasteiger partial charge < -0.3 is 15.4 Å². The summed E-state index contributed by atoms with van der Waals surface area (Å²) in [5.74, 6) is 0.690. The molecule has 25 heavy (non-hydrogen) atoms. The van der Waals surface area contributed by atoms with Gasteiger partial charge in [0.2, 0.25) is 0 Å². The van der Waals surface area contributed by atoms with Gasteiger partial charge in [-0.2, -0.15) is 0 Å². The monoisotopic (exact) mass is 343 g/mol. The molecule has 0 fully saturated rings. The van der Waals surface area contributed by atoms with E-state index in [1.165, 1.54) is 12.1 Å². The zero-order chi connectivity index (χ0) is 17.6. The second kappa shape index (κ2) is 7.61. The normalized spacial score (nSPS) is 11.9. The van der Waals surface area contributed by atoms with E-state index in [-0.39, 0.29) is 31.0 Å². The van der Waals surface area contributed by atoms with Crippen LogP contribution in [0.1, 0.15) is 12.7 Å². The summed E-state index contributed by atoms with van der Waals surface area (Å²) in [6.45, 7) is 2.32. The van der Waals surface area contributed by atoms with E-state index in [0.29, 0.717) is 11.6 Å². The Kier molecular flexibility index (Phi) is 5.08. The maximum absolute atomic E-state index is 13.1. The van der Waals surface area contributed by atoms with E-state index in [9.17, 15) is 9.18 Å². The van der Waals surface area contributed by atoms with E-state index in [2.05, 4.69) is 20.8 Å². The van der Waals surface area contributed by atoms with Crippen LogP contribution in [0, 0.1) is 5.82 Å². The first kappa shape index (κ1) is 16.7. The molecule has 2 aromatic heterocycles. The Hall–Kier alpha value is -3.16. The van der Waals surface area contributed by atoms with Crippen LogP contribution >= 0.6 is 0 Å². The van der Waals surface area contributed by atoms with Gasteiger partial charge in [-0.15, -0.1) is 10.2 Å². The van der Waals surface area contributed by atoms with Crippen LogP contribution < -0.4 is 15.4 Å². The van der Waals surface area contributed by atoms with Crippen molar-refractivity contribution in [1.82, 2.24) is 25.2 Å². The summed E-state index contributed by atoms with van der Waals surface area (Å²) in [6, 6.07) is 11.1. The van der Waals surface area contributed by atoms with Crippen molar-refractivity contribution in [3.8, 4) is 5.75 Å². The van der Waals surface area contributed by atoms with Gasteiger partial charge in [0.15, 0.2) is 11.5 Å². The number of ether oxygens (including phenoxy) is 1. The molecule has 1 aromatic carbocycles. The minimum Gasteiger partial charge on any atom is -0.489 e. The van der Waals surface area contributed by atoms with Crippen LogP contribution in [-0.4, -0.2) is 33.3 Å². The molecule has 0 aliphatic carbocycles. The first-order chi connectivity index (χ1) is 12.1. The van der Waals surface area contributed by atoms with Gasteiger partial charge in [0.1, 0.15) is 17.7 Å². The van der Waals surface area contributed by atoms with E-state index < -0.39 is 0 Å². The number of nitrogens with zero attached hydrogens (tertiary/aromatic N) is 3. The molecule has 0 bridgehead atoms. The van der Waals surface area contributed by atoms with Crippen molar-refractivity contribution in [2.45, 2.75) is 19.6 Å². The molecule has 0 unspecified atom stereocenters. The topological polar surface area (TPSA) is 80.5 Å². The highest BCUT2D eigenvalue weighted by atomic mass is 19.1. The Morgan fingerprint density at radius 2 is 2.12 bits per heavy atom. The summed E-state index contributed by atoms with van der Waals surface area (Å²) in [7, 11) is 0. The summed E-state index contributed by atoms with van der Waals surface area (Å²) in [5.41, 5.74) is 0.719. The van der Waals surface area contributed by atoms with Gasteiger partial charge >= 0.3 is 6.03 Å². The molecule has 1 atom stereocenters. The number of carbonyl (C=O) groups excluding carboxylic acids is 1. The van der Waals surface area contributed by atoms with Gasteiger partial charge in [-0.1, -0.05) is 12.1 Å². The number of hydrogen-bond acceptors (Lipinski definition) is 4. The largest absolute Gasteiger partial charge is 0.489 e. The average Bonchev–Trinajstić information content (AvgIpc) is 3.01. The summed E-state index contributed by atoms with van der Waals surface area (Å²) < 4.78 is 20.5. The third-order valence-corrected chi connectivity index (χ3v) is 3.47. The number of pyridine rings is 1. The number of rotatable bonds is 6. The SMILES string of the molecule is C[C@@H](CNC(=O)NCc1nnc2ccccn12)Oc1cccc(F)c1. The van der Waals surface area contributed by atoms with Gasteiger partial charge in [-0.05, 0) is 31.2 Å². The molecule has 3 rings (SSSR count). The number of benzene rings is 1. The number of urea groups is 1. The first-order valence-corrected chi connectivity index (χ1v) is 7.84. The number of aromatic nitrogens is 3. The molecule has 0 saturated carbocycles. The molecule has 2 heterocycles. The van der Waals surface area contributed by atoms with Gasteiger partial charge in [0.05, 0.1) is 13.1 Å². The lowest BCUT2D eigenvalue weighted by Gasteiger charge is -2.15. The number of hydrogen-bond donors (Lipinski definition) is 2. The molecular weight excluding hydrogens is 325 g/mol. The number of carbonyl (C=O) groups is 1. The van der Waals surface area contributed by atoms with Crippen molar-refractivity contribution in [2.24, 2.45) is 0 Å². The zero-order valence-electron chi connectivity index (χ0n) is 13.6. The lowest BCUT2D eigenvalue weighted by atomic mass is 10.3. The Balaban J connectivity index is 1.45. The van der Waals surface area contributed by atoms with Gasteiger partial charge in [0.25, 0.3) is 0 Å². The van der Waals surface area contributed by atoms with Crippen LogP contribution in [-0.2, 0) is 6.54 Å². The quantitative estimate of drug-likeness (QED) is 0.718. The molecule has 2 amide bonds. The van der Waals surface area contributed by atoms with Crippen molar-refractivity contribution < 1.29 is 13.9 Å². The molecule has 7 nitrogen and oxygen atoms in total. The maximum atomic E-state index is 13.1. The first-order valence-electron chi connectivity index (χ1n) is 7.84. The van der Waals surface area contributed by atoms with Gasteiger partial charge in [0, 0.05) is 12.3 Å². The van der Waals surface area contributed by atoms with Crippen molar-refractivity contribution >= 4 is 11.7 Å².